The van der Waals surface area contributed by atoms with Crippen molar-refractivity contribution in [1.29, 1.82) is 0 Å². The van der Waals surface area contributed by atoms with E-state index in [1.54, 1.807) is 0 Å². The van der Waals surface area contributed by atoms with Crippen molar-refractivity contribution in [3.05, 3.63) is 72.9 Å². The van der Waals surface area contributed by atoms with Crippen LogP contribution in [0, 0.1) is 0 Å². The first-order valence-electron chi connectivity index (χ1n) is 27.8. The zero-order valence-electron chi connectivity index (χ0n) is 44.5. The predicted octanol–water partition coefficient (Wildman–Crippen LogP) is 16.1. The number of hydrogen-bond donors (Lipinski definition) is 2. The second-order valence-electron chi connectivity index (χ2n) is 18.4. The van der Waals surface area contributed by atoms with Crippen LogP contribution in [0.15, 0.2) is 72.9 Å². The Morgan fingerprint density at radius 3 is 1.29 bits per heavy atom. The minimum absolute atomic E-state index is 0.0455. The van der Waals surface area contributed by atoms with Gasteiger partial charge in [-0.15, -0.1) is 0 Å². The van der Waals surface area contributed by atoms with E-state index in [-0.39, 0.29) is 25.9 Å². The van der Waals surface area contributed by atoms with Crippen molar-refractivity contribution in [2.45, 2.75) is 251 Å². The summed E-state index contributed by atoms with van der Waals surface area (Å²) in [5.41, 5.74) is 0. The SMILES string of the molecule is CC/C=C\C/C=C\C/C=C\C/C=C\CCC(=O)OC(COC(=O)CCCCCCCCCCCCCCCCCCC)COP(=O)(O)OCC(CO)OC(=O)CCCCCCC/C=C\C/C=C\CCC. The Bertz CT molecular complexity index is 1450. The summed E-state index contributed by atoms with van der Waals surface area (Å²) in [6.07, 6.45) is 57.4. The van der Waals surface area contributed by atoms with E-state index in [1.165, 1.54) is 83.5 Å². The van der Waals surface area contributed by atoms with E-state index in [1.807, 2.05) is 12.2 Å². The summed E-state index contributed by atoms with van der Waals surface area (Å²) in [4.78, 5) is 48.4. The average molecular weight is 1010 g/mol. The third-order valence-electron chi connectivity index (χ3n) is 11.6. The molecule has 0 radical (unpaired) electrons. The highest BCUT2D eigenvalue weighted by Gasteiger charge is 2.28. The number of carbonyl (C=O) groups excluding carboxylic acids is 3. The number of aliphatic hydroxyl groups is 1. The molecular formula is C58H101O11P. The zero-order chi connectivity index (χ0) is 51.3. The molecule has 0 amide bonds. The number of phosphoric ester groups is 1. The van der Waals surface area contributed by atoms with Crippen molar-refractivity contribution >= 4 is 25.7 Å². The number of carbonyl (C=O) groups is 3. The fourth-order valence-electron chi connectivity index (χ4n) is 7.41. The largest absolute Gasteiger partial charge is 0.472 e. The second-order valence-corrected chi connectivity index (χ2v) is 19.8. The van der Waals surface area contributed by atoms with E-state index in [9.17, 15) is 28.9 Å². The van der Waals surface area contributed by atoms with Gasteiger partial charge in [-0.2, -0.15) is 0 Å². The lowest BCUT2D eigenvalue weighted by atomic mass is 10.0. The highest BCUT2D eigenvalue weighted by atomic mass is 31.2. The van der Waals surface area contributed by atoms with Crippen molar-refractivity contribution in [2.24, 2.45) is 0 Å². The molecule has 0 heterocycles. The van der Waals surface area contributed by atoms with Crippen LogP contribution in [0.5, 0.6) is 0 Å². The van der Waals surface area contributed by atoms with Crippen molar-refractivity contribution < 1.29 is 52.2 Å². The van der Waals surface area contributed by atoms with Crippen LogP contribution >= 0.6 is 7.82 Å². The number of aliphatic hydroxyl groups excluding tert-OH is 1. The van der Waals surface area contributed by atoms with Gasteiger partial charge < -0.3 is 24.2 Å². The van der Waals surface area contributed by atoms with Crippen LogP contribution in [0.4, 0.5) is 0 Å². The number of hydrogen-bond acceptors (Lipinski definition) is 10. The van der Waals surface area contributed by atoms with Gasteiger partial charge in [-0.25, -0.2) is 4.57 Å². The molecule has 0 aromatic carbocycles. The van der Waals surface area contributed by atoms with Crippen LogP contribution in [-0.4, -0.2) is 66.5 Å². The van der Waals surface area contributed by atoms with Crippen LogP contribution in [0.1, 0.15) is 239 Å². The summed E-state index contributed by atoms with van der Waals surface area (Å²) >= 11 is 0. The molecule has 3 unspecified atom stereocenters. The first kappa shape index (κ1) is 66.9. The smallest absolute Gasteiger partial charge is 0.462 e. The van der Waals surface area contributed by atoms with Gasteiger partial charge in [-0.05, 0) is 70.6 Å². The van der Waals surface area contributed by atoms with E-state index in [4.69, 9.17) is 23.3 Å². The van der Waals surface area contributed by atoms with Gasteiger partial charge in [0.15, 0.2) is 6.10 Å². The Morgan fingerprint density at radius 1 is 0.414 bits per heavy atom. The number of unbranched alkanes of at least 4 members (excludes halogenated alkanes) is 22. The summed E-state index contributed by atoms with van der Waals surface area (Å²) in [7, 11) is -4.77. The Morgan fingerprint density at radius 2 is 0.800 bits per heavy atom. The van der Waals surface area contributed by atoms with Crippen LogP contribution in [0.2, 0.25) is 0 Å². The molecule has 0 saturated carbocycles. The highest BCUT2D eigenvalue weighted by molar-refractivity contribution is 7.47. The summed E-state index contributed by atoms with van der Waals surface area (Å²) < 4.78 is 39.3. The quantitative estimate of drug-likeness (QED) is 0.0197. The van der Waals surface area contributed by atoms with Crippen molar-refractivity contribution in [3.8, 4) is 0 Å². The lowest BCUT2D eigenvalue weighted by Crippen LogP contribution is -2.30. The normalized spacial score (nSPS) is 14.0. The van der Waals surface area contributed by atoms with E-state index < -0.39 is 57.8 Å². The molecule has 0 aromatic rings. The minimum atomic E-state index is -4.77. The molecule has 404 valence electrons. The molecule has 0 aromatic heterocycles. The Balaban J connectivity index is 4.77. The van der Waals surface area contributed by atoms with E-state index in [0.717, 1.165) is 96.3 Å². The first-order chi connectivity index (χ1) is 34.2. The van der Waals surface area contributed by atoms with Crippen LogP contribution in [0.25, 0.3) is 0 Å². The van der Waals surface area contributed by atoms with Gasteiger partial charge in [0.05, 0.1) is 19.8 Å². The third kappa shape index (κ3) is 49.9. The summed E-state index contributed by atoms with van der Waals surface area (Å²) in [5, 5.41) is 9.78. The molecule has 0 fully saturated rings. The summed E-state index contributed by atoms with van der Waals surface area (Å²) in [6, 6.07) is 0. The van der Waals surface area contributed by atoms with Gasteiger partial charge in [0, 0.05) is 19.3 Å². The maximum absolute atomic E-state index is 12.9. The molecule has 11 nitrogen and oxygen atoms in total. The van der Waals surface area contributed by atoms with Crippen molar-refractivity contribution in [3.63, 3.8) is 0 Å². The average Bonchev–Trinajstić information content (AvgIpc) is 3.35. The maximum atomic E-state index is 12.9. The molecule has 12 heteroatoms. The second kappa shape index (κ2) is 52.2. The van der Waals surface area contributed by atoms with Gasteiger partial charge in [-0.3, -0.25) is 23.4 Å². The van der Waals surface area contributed by atoms with Crippen LogP contribution in [-0.2, 0) is 42.2 Å². The topological polar surface area (TPSA) is 155 Å². The van der Waals surface area contributed by atoms with Gasteiger partial charge in [-0.1, -0.05) is 222 Å². The van der Waals surface area contributed by atoms with E-state index in [2.05, 4.69) is 81.5 Å². The number of esters is 3. The molecule has 0 rings (SSSR count). The van der Waals surface area contributed by atoms with Gasteiger partial charge in [0.25, 0.3) is 0 Å². The molecule has 0 aliphatic carbocycles. The zero-order valence-corrected chi connectivity index (χ0v) is 45.4. The molecule has 2 N–H and O–H groups in total. The molecular weight excluding hydrogens is 904 g/mol. The molecule has 0 aliphatic heterocycles. The number of rotatable bonds is 51. The van der Waals surface area contributed by atoms with Crippen molar-refractivity contribution in [2.75, 3.05) is 26.4 Å². The standard InChI is InChI=1S/C58H101O11P/c1-4-7-10-13-16-19-22-25-26-27-28-31-32-35-38-41-44-47-56(60)65-51-55(69-58(62)49-46-43-40-37-34-30-24-21-18-15-12-9-6-3)53-67-70(63,64)66-52-54(50-59)68-57(61)48-45-42-39-36-33-29-23-20-17-14-11-8-5-2/h9,11-12,14,18,20-21,23,30,34,40,43,54-55,59H,4-8,10,13,15-17,19,22,24-29,31-33,35-39,41-42,44-53H2,1-3H3,(H,63,64)/b12-9-,14-11-,21-18-,23-20-,34-30-,43-40-. The Kier molecular flexibility index (Phi) is 50.0. The third-order valence-corrected chi connectivity index (χ3v) is 12.6. The van der Waals surface area contributed by atoms with Gasteiger partial charge >= 0.3 is 25.7 Å². The number of phosphoric acid groups is 1. The fraction of sp³-hybridized carbons (Fsp3) is 0.741. The lowest BCUT2D eigenvalue weighted by Gasteiger charge is -2.21. The van der Waals surface area contributed by atoms with Crippen molar-refractivity contribution in [1.82, 2.24) is 0 Å². The molecule has 0 spiro atoms. The van der Waals surface area contributed by atoms with Crippen LogP contribution < -0.4 is 0 Å². The van der Waals surface area contributed by atoms with E-state index >= 15 is 0 Å². The number of allylic oxidation sites excluding steroid dienone is 12. The monoisotopic (exact) mass is 1000 g/mol. The molecule has 0 aliphatic rings. The molecule has 70 heavy (non-hydrogen) atoms. The van der Waals surface area contributed by atoms with Crippen LogP contribution in [0.3, 0.4) is 0 Å². The molecule has 0 bridgehead atoms. The first-order valence-corrected chi connectivity index (χ1v) is 29.3. The lowest BCUT2D eigenvalue weighted by molar-refractivity contribution is -0.161. The summed E-state index contributed by atoms with van der Waals surface area (Å²) in [5.74, 6) is -1.57. The van der Waals surface area contributed by atoms with E-state index in [0.29, 0.717) is 19.3 Å². The Labute approximate surface area is 427 Å². The minimum Gasteiger partial charge on any atom is -0.462 e. The molecule has 0 saturated heterocycles. The number of ether oxygens (including phenoxy) is 3. The fourth-order valence-corrected chi connectivity index (χ4v) is 8.19. The maximum Gasteiger partial charge on any atom is 0.472 e. The Hall–Kier alpha value is -3.08. The molecule has 3 atom stereocenters. The predicted molar refractivity (Wildman–Crippen MR) is 288 cm³/mol. The summed E-state index contributed by atoms with van der Waals surface area (Å²) in [6.45, 7) is 4.37. The van der Waals surface area contributed by atoms with Gasteiger partial charge in [0.2, 0.25) is 0 Å². The highest BCUT2D eigenvalue weighted by Crippen LogP contribution is 2.43. The van der Waals surface area contributed by atoms with Gasteiger partial charge in [0.1, 0.15) is 12.7 Å².